The molecule has 0 aliphatic rings. The van der Waals surface area contributed by atoms with Gasteiger partial charge in [-0.05, 0) is 20.6 Å². The Hall–Kier alpha value is -0.160. The van der Waals surface area contributed by atoms with Gasteiger partial charge >= 0.3 is 0 Å². The summed E-state index contributed by atoms with van der Waals surface area (Å²) in [5.41, 5.74) is 0. The molecule has 0 rings (SSSR count). The lowest BCUT2D eigenvalue weighted by atomic mass is 10.6. The smallest absolute Gasteiger partial charge is 0.0558 e. The van der Waals surface area contributed by atoms with Crippen molar-refractivity contribution >= 4 is 0 Å². The molecule has 0 saturated heterocycles. The Labute approximate surface area is 75.2 Å². The molecular weight excluding hydrogens is 156 g/mol. The van der Waals surface area contributed by atoms with Gasteiger partial charge in [-0.3, -0.25) is 0 Å². The predicted molar refractivity (Wildman–Crippen MR) is 51.3 cm³/mol. The van der Waals surface area contributed by atoms with E-state index in [1.54, 1.807) is 0 Å². The highest BCUT2D eigenvalue weighted by molar-refractivity contribution is 4.35. The largest absolute Gasteiger partial charge is 0.395 e. The van der Waals surface area contributed by atoms with E-state index in [9.17, 15) is 0 Å². The predicted octanol–water partition coefficient (Wildman–Crippen LogP) is -0.871. The lowest BCUT2D eigenvalue weighted by Crippen LogP contribution is -2.16. The molecular formula is C8H22N2O2. The molecule has 0 aliphatic carbocycles. The van der Waals surface area contributed by atoms with Crippen molar-refractivity contribution in [2.24, 2.45) is 0 Å². The maximum absolute atomic E-state index is 8.20. The molecule has 0 amide bonds. The zero-order valence-corrected chi connectivity index (χ0v) is 8.38. The van der Waals surface area contributed by atoms with E-state index >= 15 is 0 Å². The second kappa shape index (κ2) is 13.4. The second-order valence-corrected chi connectivity index (χ2v) is 2.60. The third-order valence-electron chi connectivity index (χ3n) is 1.09. The molecule has 4 heteroatoms. The van der Waals surface area contributed by atoms with Crippen LogP contribution < -0.4 is 5.32 Å². The van der Waals surface area contributed by atoms with Gasteiger partial charge in [0, 0.05) is 13.1 Å². The minimum atomic E-state index is 0.244. The lowest BCUT2D eigenvalue weighted by Gasteiger charge is -2.03. The Morgan fingerprint density at radius 1 is 1.17 bits per heavy atom. The Balaban J connectivity index is 0. The van der Waals surface area contributed by atoms with Crippen molar-refractivity contribution in [1.29, 1.82) is 0 Å². The van der Waals surface area contributed by atoms with Gasteiger partial charge in [0.15, 0.2) is 0 Å². The average molecular weight is 178 g/mol. The third kappa shape index (κ3) is 22.5. The normalized spacial score (nSPS) is 9.50. The van der Waals surface area contributed by atoms with Crippen molar-refractivity contribution in [3.63, 3.8) is 0 Å². The number of nitrogens with one attached hydrogen (secondary N) is 1. The Morgan fingerprint density at radius 2 is 1.75 bits per heavy atom. The number of hydrogen-bond donors (Lipinski definition) is 3. The van der Waals surface area contributed by atoms with E-state index in [-0.39, 0.29) is 13.2 Å². The monoisotopic (exact) mass is 178 g/mol. The van der Waals surface area contributed by atoms with Crippen LogP contribution in [0.3, 0.4) is 0 Å². The summed E-state index contributed by atoms with van der Waals surface area (Å²) >= 11 is 0. The summed E-state index contributed by atoms with van der Waals surface area (Å²) < 4.78 is 0. The highest BCUT2D eigenvalue weighted by Crippen LogP contribution is 1.66. The summed E-state index contributed by atoms with van der Waals surface area (Å²) in [7, 11) is 3.85. The molecule has 0 aromatic carbocycles. The minimum Gasteiger partial charge on any atom is -0.395 e. The molecule has 0 unspecified atom stereocenters. The SMILES string of the molecule is CCNCCO.CN(C)CCO. The van der Waals surface area contributed by atoms with Crippen LogP contribution in [-0.4, -0.2) is 62.1 Å². The molecule has 0 saturated carbocycles. The minimum absolute atomic E-state index is 0.244. The van der Waals surface area contributed by atoms with E-state index in [0.717, 1.165) is 19.6 Å². The standard InChI is InChI=1S/2C4H11NO/c1-5(2)3-4-6;1-2-5-3-4-6/h6H,3-4H2,1-2H3;5-6H,2-4H2,1H3. The van der Waals surface area contributed by atoms with E-state index in [4.69, 9.17) is 10.2 Å². The summed E-state index contributed by atoms with van der Waals surface area (Å²) in [6.07, 6.45) is 0. The molecule has 0 bridgehead atoms. The van der Waals surface area contributed by atoms with Crippen molar-refractivity contribution in [2.75, 3.05) is 46.9 Å². The maximum Gasteiger partial charge on any atom is 0.0558 e. The van der Waals surface area contributed by atoms with Crippen LogP contribution in [0, 0.1) is 0 Å². The van der Waals surface area contributed by atoms with Gasteiger partial charge in [0.2, 0.25) is 0 Å². The van der Waals surface area contributed by atoms with Gasteiger partial charge < -0.3 is 20.4 Å². The summed E-state index contributed by atoms with van der Waals surface area (Å²) in [5, 5.41) is 19.3. The Morgan fingerprint density at radius 3 is 1.83 bits per heavy atom. The molecule has 0 fully saturated rings. The van der Waals surface area contributed by atoms with Gasteiger partial charge in [0.1, 0.15) is 0 Å². The van der Waals surface area contributed by atoms with E-state index < -0.39 is 0 Å². The molecule has 0 radical (unpaired) electrons. The molecule has 0 aliphatic heterocycles. The summed E-state index contributed by atoms with van der Waals surface area (Å²) in [5.74, 6) is 0. The first-order valence-corrected chi connectivity index (χ1v) is 4.26. The zero-order chi connectivity index (χ0) is 9.82. The van der Waals surface area contributed by atoms with Gasteiger partial charge in [-0.2, -0.15) is 0 Å². The van der Waals surface area contributed by atoms with Crippen LogP contribution in [0.4, 0.5) is 0 Å². The van der Waals surface area contributed by atoms with Crippen LogP contribution >= 0.6 is 0 Å². The van der Waals surface area contributed by atoms with Gasteiger partial charge in [-0.25, -0.2) is 0 Å². The Bertz CT molecular complexity index is 66.1. The van der Waals surface area contributed by atoms with Crippen molar-refractivity contribution < 1.29 is 10.2 Å². The molecule has 4 nitrogen and oxygen atoms in total. The summed E-state index contributed by atoms with van der Waals surface area (Å²) in [4.78, 5) is 1.93. The van der Waals surface area contributed by atoms with Crippen LogP contribution in [0.2, 0.25) is 0 Å². The topological polar surface area (TPSA) is 55.7 Å². The van der Waals surface area contributed by atoms with Crippen molar-refractivity contribution in [2.45, 2.75) is 6.92 Å². The molecule has 0 aromatic heterocycles. The molecule has 12 heavy (non-hydrogen) atoms. The molecule has 3 N–H and O–H groups in total. The van der Waals surface area contributed by atoms with Crippen LogP contribution in [-0.2, 0) is 0 Å². The highest BCUT2D eigenvalue weighted by atomic mass is 16.3. The molecule has 0 atom stereocenters. The van der Waals surface area contributed by atoms with Crippen LogP contribution in [0.25, 0.3) is 0 Å². The maximum atomic E-state index is 8.20. The molecule has 0 spiro atoms. The number of nitrogens with zero attached hydrogens (tertiary/aromatic N) is 1. The van der Waals surface area contributed by atoms with Crippen molar-refractivity contribution in [3.8, 4) is 0 Å². The summed E-state index contributed by atoms with van der Waals surface area (Å²) in [6.45, 7) is 4.94. The third-order valence-corrected chi connectivity index (χ3v) is 1.09. The fourth-order valence-electron chi connectivity index (χ4n) is 0.456. The lowest BCUT2D eigenvalue weighted by molar-refractivity contribution is 0.243. The van der Waals surface area contributed by atoms with Crippen LogP contribution in [0.15, 0.2) is 0 Å². The molecule has 76 valence electrons. The van der Waals surface area contributed by atoms with Gasteiger partial charge in [0.25, 0.3) is 0 Å². The Kier molecular flexibility index (Phi) is 16.1. The van der Waals surface area contributed by atoms with Crippen molar-refractivity contribution in [3.05, 3.63) is 0 Å². The molecule has 0 heterocycles. The second-order valence-electron chi connectivity index (χ2n) is 2.60. The quantitative estimate of drug-likeness (QED) is 0.479. The van der Waals surface area contributed by atoms with Crippen LogP contribution in [0.5, 0.6) is 0 Å². The fourth-order valence-corrected chi connectivity index (χ4v) is 0.456. The first-order chi connectivity index (χ1) is 5.68. The number of aliphatic hydroxyl groups is 2. The van der Waals surface area contributed by atoms with E-state index in [1.807, 2.05) is 25.9 Å². The number of likely N-dealkylation sites (N-methyl/N-ethyl adjacent to an activating group) is 2. The number of aliphatic hydroxyl groups excluding tert-OH is 2. The van der Waals surface area contributed by atoms with E-state index in [0.29, 0.717) is 0 Å². The number of hydrogen-bond acceptors (Lipinski definition) is 4. The average Bonchev–Trinajstić information content (AvgIpc) is 2.02. The van der Waals surface area contributed by atoms with E-state index in [1.165, 1.54) is 0 Å². The zero-order valence-electron chi connectivity index (χ0n) is 8.38. The first-order valence-electron chi connectivity index (χ1n) is 4.26. The van der Waals surface area contributed by atoms with E-state index in [2.05, 4.69) is 5.32 Å². The highest BCUT2D eigenvalue weighted by Gasteiger charge is 1.80. The number of rotatable bonds is 5. The fraction of sp³-hybridized carbons (Fsp3) is 1.00. The first kappa shape index (κ1) is 14.4. The summed E-state index contributed by atoms with van der Waals surface area (Å²) in [6, 6.07) is 0. The molecule has 0 aromatic rings. The van der Waals surface area contributed by atoms with Gasteiger partial charge in [0.05, 0.1) is 13.2 Å². The van der Waals surface area contributed by atoms with Crippen molar-refractivity contribution in [1.82, 2.24) is 10.2 Å². The van der Waals surface area contributed by atoms with Gasteiger partial charge in [-0.1, -0.05) is 6.92 Å². The van der Waals surface area contributed by atoms with Crippen LogP contribution in [0.1, 0.15) is 6.92 Å². The van der Waals surface area contributed by atoms with Gasteiger partial charge in [-0.15, -0.1) is 0 Å².